The summed E-state index contributed by atoms with van der Waals surface area (Å²) in [6.07, 6.45) is 0. The summed E-state index contributed by atoms with van der Waals surface area (Å²) in [6.45, 7) is 0. The van der Waals surface area contributed by atoms with Crippen LogP contribution in [0.15, 0.2) is 58.8 Å². The van der Waals surface area contributed by atoms with Gasteiger partial charge in [-0.3, -0.25) is 0 Å². The summed E-state index contributed by atoms with van der Waals surface area (Å²) in [6, 6.07) is 12.4. The number of halogens is 1. The van der Waals surface area contributed by atoms with E-state index in [0.29, 0.717) is 15.0 Å². The Morgan fingerprint density at radius 3 is 2.46 bits per heavy atom. The SMILES string of the molecule is O=C1C(N=Nc2ccccc2[As](=O)(O)O)SC(=S)N1c1ccc(Cl)cc1. The van der Waals surface area contributed by atoms with E-state index >= 15 is 0 Å². The normalized spacial score (nSPS) is 18.1. The molecule has 0 radical (unpaired) electrons. The van der Waals surface area contributed by atoms with E-state index in [0.717, 1.165) is 11.8 Å². The van der Waals surface area contributed by atoms with Crippen LogP contribution in [0.4, 0.5) is 11.4 Å². The molecule has 1 aliphatic heterocycles. The Kier molecular flexibility index (Phi) is 5.66. The molecule has 1 amide bonds. The molecule has 1 fully saturated rings. The third kappa shape index (κ3) is 4.09. The Hall–Kier alpha value is -1.48. The van der Waals surface area contributed by atoms with Crippen LogP contribution in [0.2, 0.25) is 5.02 Å². The zero-order valence-electron chi connectivity index (χ0n) is 12.9. The minimum absolute atomic E-state index is 0.0317. The van der Waals surface area contributed by atoms with Crippen molar-refractivity contribution in [3.8, 4) is 0 Å². The fraction of sp³-hybridized carbons (Fsp3) is 0.0667. The number of carbonyl (C=O) groups excluding carboxylic acids is 1. The monoisotopic (exact) mass is 471 g/mol. The van der Waals surface area contributed by atoms with E-state index in [4.69, 9.17) is 23.8 Å². The molecular formula is C15H11AsClN3O4S2. The van der Waals surface area contributed by atoms with Gasteiger partial charge in [-0.25, -0.2) is 0 Å². The van der Waals surface area contributed by atoms with E-state index in [-0.39, 0.29) is 15.9 Å². The van der Waals surface area contributed by atoms with Crippen LogP contribution in [-0.2, 0) is 8.53 Å². The maximum atomic E-state index is 12.6. The first-order valence-corrected chi connectivity index (χ1v) is 12.2. The first kappa shape index (κ1) is 19.3. The van der Waals surface area contributed by atoms with Gasteiger partial charge >= 0.3 is 166 Å². The quantitative estimate of drug-likeness (QED) is 0.403. The molecule has 0 aliphatic carbocycles. The number of amides is 1. The van der Waals surface area contributed by atoms with E-state index in [2.05, 4.69) is 10.2 Å². The van der Waals surface area contributed by atoms with Crippen LogP contribution in [-0.4, -0.2) is 38.0 Å². The van der Waals surface area contributed by atoms with Gasteiger partial charge in [-0.2, -0.15) is 0 Å². The van der Waals surface area contributed by atoms with Crippen molar-refractivity contribution in [3.05, 3.63) is 53.6 Å². The van der Waals surface area contributed by atoms with Gasteiger partial charge in [0, 0.05) is 0 Å². The molecule has 134 valence electrons. The molecule has 1 saturated heterocycles. The summed E-state index contributed by atoms with van der Waals surface area (Å²) in [5.41, 5.74) is 0.595. The molecule has 1 heterocycles. The van der Waals surface area contributed by atoms with Gasteiger partial charge in [0.15, 0.2) is 0 Å². The van der Waals surface area contributed by atoms with E-state index in [1.54, 1.807) is 30.3 Å². The number of benzene rings is 2. The van der Waals surface area contributed by atoms with Crippen LogP contribution in [0.3, 0.4) is 0 Å². The molecule has 7 nitrogen and oxygen atoms in total. The number of hydrogen-bond acceptors (Lipinski definition) is 6. The van der Waals surface area contributed by atoms with Crippen LogP contribution in [0.25, 0.3) is 0 Å². The summed E-state index contributed by atoms with van der Waals surface area (Å²) in [5.74, 6) is -0.384. The van der Waals surface area contributed by atoms with Crippen molar-refractivity contribution in [2.24, 2.45) is 10.2 Å². The molecule has 0 bridgehead atoms. The number of thioether (sulfide) groups is 1. The summed E-state index contributed by atoms with van der Waals surface area (Å²) < 4.78 is 30.5. The van der Waals surface area contributed by atoms with Crippen LogP contribution in [0, 0.1) is 0 Å². The van der Waals surface area contributed by atoms with Crippen molar-refractivity contribution < 1.29 is 16.7 Å². The zero-order valence-corrected chi connectivity index (χ0v) is 17.2. The Morgan fingerprint density at radius 2 is 1.81 bits per heavy atom. The second-order valence-electron chi connectivity index (χ2n) is 5.13. The van der Waals surface area contributed by atoms with Gasteiger partial charge in [0.25, 0.3) is 0 Å². The Morgan fingerprint density at radius 1 is 1.15 bits per heavy atom. The average molecular weight is 472 g/mol. The molecular weight excluding hydrogens is 461 g/mol. The van der Waals surface area contributed by atoms with Gasteiger partial charge in [-0.1, -0.05) is 0 Å². The Balaban J connectivity index is 1.85. The summed E-state index contributed by atoms with van der Waals surface area (Å²) in [4.78, 5) is 13.9. The van der Waals surface area contributed by atoms with Gasteiger partial charge in [0.2, 0.25) is 0 Å². The number of thiocarbonyl (C=S) groups is 1. The van der Waals surface area contributed by atoms with Crippen LogP contribution < -0.4 is 9.25 Å². The first-order chi connectivity index (χ1) is 12.3. The van der Waals surface area contributed by atoms with Gasteiger partial charge in [0.1, 0.15) is 0 Å². The van der Waals surface area contributed by atoms with E-state index < -0.39 is 19.5 Å². The van der Waals surface area contributed by atoms with Crippen LogP contribution in [0.5, 0.6) is 0 Å². The van der Waals surface area contributed by atoms with E-state index in [1.807, 2.05) is 0 Å². The Bertz CT molecular complexity index is 948. The fourth-order valence-electron chi connectivity index (χ4n) is 2.20. The predicted octanol–water partition coefficient (Wildman–Crippen LogP) is 2.38. The number of rotatable bonds is 4. The van der Waals surface area contributed by atoms with Crippen LogP contribution >= 0.6 is 35.6 Å². The topological polar surface area (TPSA) is 103 Å². The van der Waals surface area contributed by atoms with Crippen molar-refractivity contribution >= 4 is 75.7 Å². The molecule has 0 spiro atoms. The predicted molar refractivity (Wildman–Crippen MR) is 104 cm³/mol. The first-order valence-electron chi connectivity index (χ1n) is 7.13. The van der Waals surface area contributed by atoms with Crippen molar-refractivity contribution in [1.82, 2.24) is 0 Å². The number of anilines is 1. The second-order valence-corrected chi connectivity index (χ2v) is 10.6. The Labute approximate surface area is 166 Å². The number of carbonyl (C=O) groups is 1. The molecule has 2 N–H and O–H groups in total. The molecule has 1 atom stereocenters. The van der Waals surface area contributed by atoms with Gasteiger partial charge in [0.05, 0.1) is 0 Å². The molecule has 2 aromatic carbocycles. The van der Waals surface area contributed by atoms with Crippen LogP contribution in [0.1, 0.15) is 0 Å². The van der Waals surface area contributed by atoms with Gasteiger partial charge in [-0.05, 0) is 0 Å². The van der Waals surface area contributed by atoms with Gasteiger partial charge < -0.3 is 0 Å². The van der Waals surface area contributed by atoms with Gasteiger partial charge in [-0.15, -0.1) is 0 Å². The zero-order chi connectivity index (χ0) is 18.9. The molecule has 26 heavy (non-hydrogen) atoms. The molecule has 0 saturated carbocycles. The number of azo groups is 1. The fourth-order valence-corrected chi connectivity index (χ4v) is 5.06. The van der Waals surface area contributed by atoms with E-state index in [1.165, 1.54) is 23.1 Å². The maximum absolute atomic E-state index is 12.6. The van der Waals surface area contributed by atoms with Crippen molar-refractivity contribution in [3.63, 3.8) is 0 Å². The summed E-state index contributed by atoms with van der Waals surface area (Å²) >= 11 is 6.97. The molecule has 0 aromatic heterocycles. The average Bonchev–Trinajstić information content (AvgIpc) is 2.87. The van der Waals surface area contributed by atoms with Crippen molar-refractivity contribution in [2.75, 3.05) is 4.90 Å². The third-order valence-corrected chi connectivity index (χ3v) is 7.11. The third-order valence-electron chi connectivity index (χ3n) is 3.38. The van der Waals surface area contributed by atoms with Crippen molar-refractivity contribution in [2.45, 2.75) is 5.37 Å². The molecule has 11 heteroatoms. The minimum atomic E-state index is -5.15. The number of hydrogen-bond donors (Lipinski definition) is 2. The summed E-state index contributed by atoms with van der Waals surface area (Å²) in [5, 5.41) is 7.43. The molecule has 1 aliphatic rings. The number of nitrogens with zero attached hydrogens (tertiary/aromatic N) is 3. The van der Waals surface area contributed by atoms with Crippen molar-refractivity contribution in [1.29, 1.82) is 0 Å². The summed E-state index contributed by atoms with van der Waals surface area (Å²) in [7, 11) is 0. The molecule has 2 aromatic rings. The standard InChI is InChI=1S/C15H11AsClN3O4S2/c17-9-5-7-10(8-6-9)20-14(21)13(26-15(20)25)19-18-12-4-2-1-3-11(12)16(22,23)24/h1-8,13H,(H2,22,23,24). The van der Waals surface area contributed by atoms with E-state index in [9.17, 15) is 16.7 Å². The molecule has 3 rings (SSSR count). The second kappa shape index (κ2) is 7.64. The molecule has 1 unspecified atom stereocenters.